The first-order valence-electron chi connectivity index (χ1n) is 9.26. The Balaban J connectivity index is 0.000000804. The summed E-state index contributed by atoms with van der Waals surface area (Å²) in [7, 11) is -6.76. The molecule has 5 N–H and O–H groups in total. The molecule has 1 aliphatic rings. The van der Waals surface area contributed by atoms with Crippen LogP contribution in [0.5, 0.6) is 5.75 Å². The van der Waals surface area contributed by atoms with Crippen LogP contribution in [-0.2, 0) is 20.2 Å². The summed E-state index contributed by atoms with van der Waals surface area (Å²) in [4.78, 5) is 14.9. The maximum atomic E-state index is 12.6. The first-order chi connectivity index (χ1) is 13.8. The molecular weight excluding hydrogens is 438 g/mol. The molecule has 11 nitrogen and oxygen atoms in total. The molecule has 1 atom stereocenters. The van der Waals surface area contributed by atoms with E-state index in [2.05, 4.69) is 17.1 Å². The zero-order valence-electron chi connectivity index (χ0n) is 17.2. The number of carbonyl (C=O) groups is 1. The number of anilines is 1. The van der Waals surface area contributed by atoms with Crippen molar-refractivity contribution in [3.63, 3.8) is 0 Å². The summed E-state index contributed by atoms with van der Waals surface area (Å²) in [6, 6.07) is 3.02. The van der Waals surface area contributed by atoms with Gasteiger partial charge in [0.1, 0.15) is 5.75 Å². The van der Waals surface area contributed by atoms with Crippen LogP contribution in [0.15, 0.2) is 17.0 Å². The third kappa shape index (κ3) is 7.72. The van der Waals surface area contributed by atoms with E-state index in [1.165, 1.54) is 26.2 Å². The van der Waals surface area contributed by atoms with Gasteiger partial charge in [-0.05, 0) is 32.0 Å². The van der Waals surface area contributed by atoms with Crippen molar-refractivity contribution in [1.82, 2.24) is 10.2 Å². The third-order valence-corrected chi connectivity index (χ3v) is 6.48. The topological polar surface area (TPSA) is 176 Å². The number of rotatable bonds is 7. The minimum Gasteiger partial charge on any atom is -0.496 e. The van der Waals surface area contributed by atoms with E-state index < -0.39 is 20.2 Å². The summed E-state index contributed by atoms with van der Waals surface area (Å²) in [5.41, 5.74) is 6.11. The average Bonchev–Trinajstić information content (AvgIpc) is 3.11. The highest BCUT2D eigenvalue weighted by molar-refractivity contribution is 7.91. The van der Waals surface area contributed by atoms with E-state index >= 15 is 0 Å². The molecule has 0 aromatic heterocycles. The number of sulfone groups is 1. The van der Waals surface area contributed by atoms with Gasteiger partial charge in [0.2, 0.25) is 0 Å². The molecule has 1 aromatic carbocycles. The fraction of sp³-hybridized carbons (Fsp3) is 0.588. The van der Waals surface area contributed by atoms with Gasteiger partial charge in [0.15, 0.2) is 9.84 Å². The van der Waals surface area contributed by atoms with Crippen LogP contribution in [0, 0.1) is 0 Å². The largest absolute Gasteiger partial charge is 0.496 e. The number of amides is 1. The molecule has 1 aliphatic heterocycles. The summed E-state index contributed by atoms with van der Waals surface area (Å²) in [6.07, 6.45) is 2.17. The number of nitrogen functional groups attached to an aromatic ring is 1. The van der Waals surface area contributed by atoms with Crippen molar-refractivity contribution in [2.24, 2.45) is 0 Å². The van der Waals surface area contributed by atoms with Crippen LogP contribution in [0.4, 0.5) is 5.69 Å². The van der Waals surface area contributed by atoms with Crippen LogP contribution in [0.2, 0.25) is 0 Å². The molecule has 1 fully saturated rings. The highest BCUT2D eigenvalue weighted by Gasteiger charge is 2.25. The van der Waals surface area contributed by atoms with Gasteiger partial charge in [0, 0.05) is 18.7 Å². The molecule has 0 aliphatic carbocycles. The van der Waals surface area contributed by atoms with E-state index in [-0.39, 0.29) is 33.6 Å². The number of carbonyl (C=O) groups excluding carboxylic acids is 1. The van der Waals surface area contributed by atoms with Crippen LogP contribution >= 0.6 is 0 Å². The minimum absolute atomic E-state index is 0.0306. The molecular formula is C17H29N3O8S2. The number of likely N-dealkylation sites (tertiary alicyclic amines) is 1. The highest BCUT2D eigenvalue weighted by Crippen LogP contribution is 2.29. The molecule has 0 spiro atoms. The number of hydrogen-bond donors (Lipinski definition) is 4. The predicted octanol–water partition coefficient (Wildman–Crippen LogP) is 0.632. The minimum atomic E-state index is -4.67. The van der Waals surface area contributed by atoms with Gasteiger partial charge in [0.05, 0.1) is 29.0 Å². The molecule has 1 unspecified atom stereocenters. The van der Waals surface area contributed by atoms with E-state index in [4.69, 9.17) is 28.0 Å². The molecule has 0 radical (unpaired) electrons. The normalized spacial score (nSPS) is 17.2. The Morgan fingerprint density at radius 3 is 2.37 bits per heavy atom. The Hall–Kier alpha value is -1.93. The van der Waals surface area contributed by atoms with E-state index in [9.17, 15) is 13.2 Å². The van der Waals surface area contributed by atoms with Crippen LogP contribution in [-0.4, -0.2) is 75.3 Å². The third-order valence-electron chi connectivity index (χ3n) is 4.70. The Morgan fingerprint density at radius 2 is 1.87 bits per heavy atom. The van der Waals surface area contributed by atoms with E-state index in [1.807, 2.05) is 0 Å². The first-order valence-corrected chi connectivity index (χ1v) is 12.3. The van der Waals surface area contributed by atoms with Crippen molar-refractivity contribution in [3.8, 4) is 5.75 Å². The van der Waals surface area contributed by atoms with E-state index in [0.29, 0.717) is 12.6 Å². The lowest BCUT2D eigenvalue weighted by Gasteiger charge is -2.23. The Kier molecular flexibility index (Phi) is 9.49. The van der Waals surface area contributed by atoms with Crippen LogP contribution in [0.25, 0.3) is 0 Å². The number of methoxy groups -OCH3 is 1. The molecule has 1 amide bonds. The van der Waals surface area contributed by atoms with Gasteiger partial charge in [-0.3, -0.25) is 18.8 Å². The van der Waals surface area contributed by atoms with Gasteiger partial charge in [-0.25, -0.2) is 8.42 Å². The zero-order chi connectivity index (χ0) is 23.1. The quantitative estimate of drug-likeness (QED) is 0.328. The fourth-order valence-corrected chi connectivity index (χ4v) is 4.22. The van der Waals surface area contributed by atoms with Crippen molar-refractivity contribution >= 4 is 31.8 Å². The van der Waals surface area contributed by atoms with Crippen LogP contribution in [0.1, 0.15) is 37.0 Å². The van der Waals surface area contributed by atoms with Crippen molar-refractivity contribution in [3.05, 3.63) is 17.7 Å². The van der Waals surface area contributed by atoms with Gasteiger partial charge in [-0.1, -0.05) is 13.8 Å². The lowest BCUT2D eigenvalue weighted by Crippen LogP contribution is -2.40. The van der Waals surface area contributed by atoms with Gasteiger partial charge in [-0.15, -0.1) is 0 Å². The molecule has 1 heterocycles. The standard InChI is InChI=1S/C17H27N3O4S.H2O4S/c1-4-20-8-6-7-12(20)11-19-17(21)13-9-16(25(22,23)5-2)14(18)10-15(13)24-3;1-5(2,3)4/h9-10,12H,4-8,11,18H2,1-3H3,(H,19,21);(H2,1,2,3,4). The monoisotopic (exact) mass is 467 g/mol. The second-order valence-corrected chi connectivity index (χ2v) is 9.72. The lowest BCUT2D eigenvalue weighted by atomic mass is 10.1. The highest BCUT2D eigenvalue weighted by atomic mass is 32.3. The van der Waals surface area contributed by atoms with Gasteiger partial charge in [-0.2, -0.15) is 8.42 Å². The summed E-state index contributed by atoms with van der Waals surface area (Å²) in [5.74, 6) is -0.172. The molecule has 13 heteroatoms. The number of likely N-dealkylation sites (N-methyl/N-ethyl adjacent to an activating group) is 1. The maximum Gasteiger partial charge on any atom is 0.394 e. The van der Waals surface area contributed by atoms with Crippen LogP contribution in [0.3, 0.4) is 0 Å². The molecule has 1 saturated heterocycles. The molecule has 172 valence electrons. The second-order valence-electron chi connectivity index (χ2n) is 6.58. The summed E-state index contributed by atoms with van der Waals surface area (Å²) < 4.78 is 61.2. The summed E-state index contributed by atoms with van der Waals surface area (Å²) in [6.45, 7) is 6.16. The molecule has 0 saturated carbocycles. The molecule has 0 bridgehead atoms. The summed E-state index contributed by atoms with van der Waals surface area (Å²) in [5, 5.41) is 2.90. The van der Waals surface area contributed by atoms with E-state index in [1.54, 1.807) is 0 Å². The molecule has 2 rings (SSSR count). The maximum absolute atomic E-state index is 12.6. The number of nitrogens with zero attached hydrogens (tertiary/aromatic N) is 1. The molecule has 30 heavy (non-hydrogen) atoms. The lowest BCUT2D eigenvalue weighted by molar-refractivity contribution is 0.0938. The Morgan fingerprint density at radius 1 is 1.27 bits per heavy atom. The second kappa shape index (κ2) is 10.9. The van der Waals surface area contributed by atoms with Crippen molar-refractivity contribution < 1.29 is 35.5 Å². The van der Waals surface area contributed by atoms with Crippen LogP contribution < -0.4 is 15.8 Å². The number of benzene rings is 1. The SMILES string of the molecule is CCN1CCCC1CNC(=O)c1cc(S(=O)(=O)CC)c(N)cc1OC.O=S(=O)(O)O. The number of ether oxygens (including phenoxy) is 1. The van der Waals surface area contributed by atoms with Gasteiger partial charge >= 0.3 is 10.4 Å². The average molecular weight is 468 g/mol. The molecule has 1 aromatic rings. The summed E-state index contributed by atoms with van der Waals surface area (Å²) >= 11 is 0. The van der Waals surface area contributed by atoms with Gasteiger partial charge < -0.3 is 15.8 Å². The smallest absolute Gasteiger partial charge is 0.394 e. The van der Waals surface area contributed by atoms with Gasteiger partial charge in [0.25, 0.3) is 5.91 Å². The number of nitrogens with one attached hydrogen (secondary N) is 1. The zero-order valence-corrected chi connectivity index (χ0v) is 18.8. The number of hydrogen-bond acceptors (Lipinski definition) is 8. The van der Waals surface area contributed by atoms with Crippen molar-refractivity contribution in [2.45, 2.75) is 37.6 Å². The Labute approximate surface area is 177 Å². The van der Waals surface area contributed by atoms with E-state index in [0.717, 1.165) is 25.9 Å². The Bertz CT molecular complexity index is 940. The first kappa shape index (κ1) is 26.1. The van der Waals surface area contributed by atoms with Crippen molar-refractivity contribution in [2.75, 3.05) is 38.2 Å². The predicted molar refractivity (Wildman–Crippen MR) is 112 cm³/mol. The fourth-order valence-electron chi connectivity index (χ4n) is 3.20. The number of nitrogens with two attached hydrogens (primary N) is 1. The van der Waals surface area contributed by atoms with Crippen molar-refractivity contribution in [1.29, 1.82) is 0 Å².